The maximum Gasteiger partial charge on any atom is 0.313 e. The number of esters is 1. The minimum absolute atomic E-state index is 0.194. The van der Waals surface area contributed by atoms with Crippen molar-refractivity contribution in [2.45, 2.75) is 25.7 Å². The number of nitrogens with zero attached hydrogens (tertiary/aromatic N) is 1. The van der Waals surface area contributed by atoms with Gasteiger partial charge in [0.25, 0.3) is 0 Å². The SMILES string of the molecule is COC(=O)C(CN)(Cc1cccnc1)CC1CC1. The van der Waals surface area contributed by atoms with E-state index in [-0.39, 0.29) is 5.97 Å². The summed E-state index contributed by atoms with van der Waals surface area (Å²) in [4.78, 5) is 16.2. The average Bonchev–Trinajstić information content (AvgIpc) is 3.22. The molecule has 0 saturated heterocycles. The molecule has 0 amide bonds. The number of hydrogen-bond acceptors (Lipinski definition) is 4. The Balaban J connectivity index is 2.19. The van der Waals surface area contributed by atoms with E-state index in [9.17, 15) is 4.79 Å². The Morgan fingerprint density at radius 1 is 1.61 bits per heavy atom. The molecule has 0 spiro atoms. The van der Waals surface area contributed by atoms with Crippen LogP contribution in [0, 0.1) is 11.3 Å². The number of carbonyl (C=O) groups is 1. The Kier molecular flexibility index (Phi) is 3.97. The van der Waals surface area contributed by atoms with Crippen LogP contribution in [0.15, 0.2) is 24.5 Å². The Morgan fingerprint density at radius 2 is 2.39 bits per heavy atom. The summed E-state index contributed by atoms with van der Waals surface area (Å²) in [5.74, 6) is 0.435. The fourth-order valence-corrected chi connectivity index (χ4v) is 2.45. The zero-order chi connectivity index (χ0) is 13.0. The van der Waals surface area contributed by atoms with Crippen molar-refractivity contribution in [3.8, 4) is 0 Å². The fraction of sp³-hybridized carbons (Fsp3) is 0.571. The molecule has 4 nitrogen and oxygen atoms in total. The molecule has 1 saturated carbocycles. The number of ether oxygens (including phenoxy) is 1. The van der Waals surface area contributed by atoms with Crippen molar-refractivity contribution in [1.82, 2.24) is 4.98 Å². The maximum atomic E-state index is 12.1. The van der Waals surface area contributed by atoms with Crippen LogP contribution in [0.1, 0.15) is 24.8 Å². The van der Waals surface area contributed by atoms with E-state index in [1.54, 1.807) is 12.4 Å². The van der Waals surface area contributed by atoms with Crippen molar-refractivity contribution in [1.29, 1.82) is 0 Å². The average molecular weight is 248 g/mol. The van der Waals surface area contributed by atoms with Crippen LogP contribution in [0.5, 0.6) is 0 Å². The van der Waals surface area contributed by atoms with Crippen molar-refractivity contribution < 1.29 is 9.53 Å². The second kappa shape index (κ2) is 5.48. The van der Waals surface area contributed by atoms with E-state index in [4.69, 9.17) is 10.5 Å². The predicted molar refractivity (Wildman–Crippen MR) is 68.8 cm³/mol. The first kappa shape index (κ1) is 13.0. The van der Waals surface area contributed by atoms with Gasteiger partial charge in [-0.05, 0) is 30.4 Å². The lowest BCUT2D eigenvalue weighted by Crippen LogP contribution is -2.42. The normalized spacial score (nSPS) is 18.1. The fourth-order valence-electron chi connectivity index (χ4n) is 2.45. The molecular weight excluding hydrogens is 228 g/mol. The van der Waals surface area contributed by atoms with E-state index in [1.807, 2.05) is 12.1 Å². The number of rotatable bonds is 6. The lowest BCUT2D eigenvalue weighted by Gasteiger charge is -2.29. The molecule has 0 aliphatic heterocycles. The van der Waals surface area contributed by atoms with Gasteiger partial charge in [-0.1, -0.05) is 18.9 Å². The predicted octanol–water partition coefficient (Wildman–Crippen LogP) is 1.54. The highest BCUT2D eigenvalue weighted by Gasteiger charge is 2.43. The summed E-state index contributed by atoms with van der Waals surface area (Å²) in [6.45, 7) is 0.324. The standard InChI is InChI=1S/C14H20N2O2/c1-18-13(17)14(10-15,7-11-4-5-11)8-12-3-2-6-16-9-12/h2-3,6,9,11H,4-5,7-8,10,15H2,1H3. The first-order chi connectivity index (χ1) is 8.70. The summed E-state index contributed by atoms with van der Waals surface area (Å²) < 4.78 is 4.97. The van der Waals surface area contributed by atoms with Crippen molar-refractivity contribution in [3.63, 3.8) is 0 Å². The molecule has 4 heteroatoms. The molecule has 0 aromatic carbocycles. The summed E-state index contributed by atoms with van der Waals surface area (Å²) in [6, 6.07) is 3.86. The Morgan fingerprint density at radius 3 is 2.89 bits per heavy atom. The zero-order valence-corrected chi connectivity index (χ0v) is 10.8. The summed E-state index contributed by atoms with van der Waals surface area (Å²) in [5.41, 5.74) is 6.34. The number of methoxy groups -OCH3 is 1. The molecule has 2 rings (SSSR count). The molecule has 1 aliphatic carbocycles. The number of aromatic nitrogens is 1. The van der Waals surface area contributed by atoms with Gasteiger partial charge in [-0.15, -0.1) is 0 Å². The molecule has 1 aliphatic rings. The first-order valence-corrected chi connectivity index (χ1v) is 6.37. The topological polar surface area (TPSA) is 65.2 Å². The lowest BCUT2D eigenvalue weighted by molar-refractivity contribution is -0.153. The van der Waals surface area contributed by atoms with Gasteiger partial charge in [0.2, 0.25) is 0 Å². The lowest BCUT2D eigenvalue weighted by atomic mass is 9.77. The van der Waals surface area contributed by atoms with Crippen LogP contribution in [0.25, 0.3) is 0 Å². The van der Waals surface area contributed by atoms with Gasteiger partial charge in [-0.2, -0.15) is 0 Å². The highest BCUT2D eigenvalue weighted by Crippen LogP contribution is 2.42. The molecule has 0 bridgehead atoms. The van der Waals surface area contributed by atoms with Crippen molar-refractivity contribution >= 4 is 5.97 Å². The first-order valence-electron chi connectivity index (χ1n) is 6.37. The Bertz CT molecular complexity index is 404. The van der Waals surface area contributed by atoms with Crippen LogP contribution < -0.4 is 5.73 Å². The van der Waals surface area contributed by atoms with Crippen molar-refractivity contribution in [3.05, 3.63) is 30.1 Å². The van der Waals surface area contributed by atoms with E-state index in [0.29, 0.717) is 18.9 Å². The third kappa shape index (κ3) is 2.88. The van der Waals surface area contributed by atoms with E-state index in [2.05, 4.69) is 4.98 Å². The van der Waals surface area contributed by atoms with Gasteiger partial charge in [0.15, 0.2) is 0 Å². The second-order valence-corrected chi connectivity index (χ2v) is 5.16. The smallest absolute Gasteiger partial charge is 0.313 e. The second-order valence-electron chi connectivity index (χ2n) is 5.16. The molecule has 2 N–H and O–H groups in total. The van der Waals surface area contributed by atoms with Crippen LogP contribution in [0.3, 0.4) is 0 Å². The minimum atomic E-state index is -0.584. The Hall–Kier alpha value is -1.42. The number of nitrogens with two attached hydrogens (primary N) is 1. The Labute approximate surface area is 108 Å². The van der Waals surface area contributed by atoms with E-state index in [0.717, 1.165) is 12.0 Å². The molecule has 0 radical (unpaired) electrons. The monoisotopic (exact) mass is 248 g/mol. The van der Waals surface area contributed by atoms with E-state index < -0.39 is 5.41 Å². The summed E-state index contributed by atoms with van der Waals surface area (Å²) >= 11 is 0. The third-order valence-electron chi connectivity index (χ3n) is 3.65. The summed E-state index contributed by atoms with van der Waals surface area (Å²) in [6.07, 6.45) is 7.36. The van der Waals surface area contributed by atoms with Gasteiger partial charge >= 0.3 is 5.97 Å². The van der Waals surface area contributed by atoms with Gasteiger partial charge < -0.3 is 10.5 Å². The molecule has 18 heavy (non-hydrogen) atoms. The van der Waals surface area contributed by atoms with E-state index in [1.165, 1.54) is 20.0 Å². The maximum absolute atomic E-state index is 12.1. The van der Waals surface area contributed by atoms with Gasteiger partial charge in [0.05, 0.1) is 12.5 Å². The number of carbonyl (C=O) groups excluding carboxylic acids is 1. The summed E-state index contributed by atoms with van der Waals surface area (Å²) in [7, 11) is 1.43. The minimum Gasteiger partial charge on any atom is -0.469 e. The van der Waals surface area contributed by atoms with Crippen LogP contribution >= 0.6 is 0 Å². The van der Waals surface area contributed by atoms with Crippen LogP contribution in [0.2, 0.25) is 0 Å². The van der Waals surface area contributed by atoms with Gasteiger partial charge in [0.1, 0.15) is 0 Å². The highest BCUT2D eigenvalue weighted by atomic mass is 16.5. The van der Waals surface area contributed by atoms with Crippen LogP contribution in [-0.4, -0.2) is 24.6 Å². The van der Waals surface area contributed by atoms with Crippen LogP contribution in [-0.2, 0) is 16.0 Å². The molecule has 1 atom stereocenters. The molecule has 98 valence electrons. The number of pyridine rings is 1. The van der Waals surface area contributed by atoms with Crippen molar-refractivity contribution in [2.75, 3.05) is 13.7 Å². The van der Waals surface area contributed by atoms with Crippen molar-refractivity contribution in [2.24, 2.45) is 17.1 Å². The summed E-state index contributed by atoms with van der Waals surface area (Å²) in [5, 5.41) is 0. The van der Waals surface area contributed by atoms with Crippen LogP contribution in [0.4, 0.5) is 0 Å². The van der Waals surface area contributed by atoms with E-state index >= 15 is 0 Å². The zero-order valence-electron chi connectivity index (χ0n) is 10.8. The third-order valence-corrected chi connectivity index (χ3v) is 3.65. The highest BCUT2D eigenvalue weighted by molar-refractivity contribution is 5.77. The quantitative estimate of drug-likeness (QED) is 0.776. The van der Waals surface area contributed by atoms with Gasteiger partial charge in [0, 0.05) is 18.9 Å². The molecule has 1 aromatic rings. The molecule has 1 heterocycles. The molecule has 1 aromatic heterocycles. The molecular formula is C14H20N2O2. The molecule has 1 fully saturated rings. The largest absolute Gasteiger partial charge is 0.469 e. The van der Waals surface area contributed by atoms with Gasteiger partial charge in [-0.25, -0.2) is 0 Å². The number of hydrogen-bond donors (Lipinski definition) is 1. The molecule has 1 unspecified atom stereocenters. The van der Waals surface area contributed by atoms with Gasteiger partial charge in [-0.3, -0.25) is 9.78 Å².